The second-order valence-corrected chi connectivity index (χ2v) is 7.84. The van der Waals surface area contributed by atoms with Crippen molar-refractivity contribution in [2.45, 2.75) is 52.9 Å². The molecular formula is C16H27N3OS. The highest BCUT2D eigenvalue weighted by molar-refractivity contribution is 7.13. The fourth-order valence-corrected chi connectivity index (χ4v) is 3.43. The molecule has 0 aromatic carbocycles. The van der Waals surface area contributed by atoms with Crippen molar-refractivity contribution in [1.29, 1.82) is 0 Å². The van der Waals surface area contributed by atoms with E-state index in [2.05, 4.69) is 36.4 Å². The molecule has 1 N–H and O–H groups in total. The number of aromatic nitrogens is 1. The van der Waals surface area contributed by atoms with Crippen LogP contribution < -0.4 is 10.2 Å². The van der Waals surface area contributed by atoms with Crippen molar-refractivity contribution in [3.63, 3.8) is 0 Å². The minimum absolute atomic E-state index is 0.0478. The Hall–Kier alpha value is -1.10. The van der Waals surface area contributed by atoms with Crippen LogP contribution in [-0.4, -0.2) is 30.5 Å². The van der Waals surface area contributed by atoms with Gasteiger partial charge in [-0.25, -0.2) is 4.98 Å². The normalized spacial score (nSPS) is 16.0. The second-order valence-electron chi connectivity index (χ2n) is 7.01. The van der Waals surface area contributed by atoms with E-state index in [1.165, 1.54) is 19.3 Å². The van der Waals surface area contributed by atoms with Gasteiger partial charge in [-0.3, -0.25) is 4.79 Å². The van der Waals surface area contributed by atoms with E-state index >= 15 is 0 Å². The smallest absolute Gasteiger partial charge is 0.220 e. The number of piperidine rings is 1. The summed E-state index contributed by atoms with van der Waals surface area (Å²) in [5.74, 6) is 0.133. The van der Waals surface area contributed by atoms with E-state index in [0.717, 1.165) is 30.3 Å². The summed E-state index contributed by atoms with van der Waals surface area (Å²) in [7, 11) is 0. The number of rotatable bonds is 5. The minimum atomic E-state index is 0.0478. The number of carbonyl (C=O) groups excluding carboxylic acids is 1. The van der Waals surface area contributed by atoms with Gasteiger partial charge in [0.25, 0.3) is 0 Å². The number of carbonyl (C=O) groups is 1. The van der Waals surface area contributed by atoms with Gasteiger partial charge in [0.2, 0.25) is 5.91 Å². The lowest BCUT2D eigenvalue weighted by atomic mass is 9.92. The lowest BCUT2D eigenvalue weighted by molar-refractivity contribution is -0.122. The topological polar surface area (TPSA) is 45.2 Å². The van der Waals surface area contributed by atoms with Crippen LogP contribution in [0.25, 0.3) is 0 Å². The lowest BCUT2D eigenvalue weighted by Gasteiger charge is -2.25. The summed E-state index contributed by atoms with van der Waals surface area (Å²) in [6.45, 7) is 9.19. The predicted molar refractivity (Wildman–Crippen MR) is 89.0 cm³/mol. The van der Waals surface area contributed by atoms with Gasteiger partial charge < -0.3 is 10.2 Å². The van der Waals surface area contributed by atoms with Gasteiger partial charge in [-0.15, -0.1) is 11.3 Å². The van der Waals surface area contributed by atoms with E-state index in [1.807, 2.05) is 0 Å². The lowest BCUT2D eigenvalue weighted by Crippen LogP contribution is -2.30. The molecule has 0 radical (unpaired) electrons. The average Bonchev–Trinajstić information content (AvgIpc) is 2.86. The maximum absolute atomic E-state index is 11.8. The molecule has 1 saturated heterocycles. The van der Waals surface area contributed by atoms with E-state index in [-0.39, 0.29) is 11.3 Å². The number of amides is 1. The Labute approximate surface area is 132 Å². The van der Waals surface area contributed by atoms with Gasteiger partial charge in [-0.1, -0.05) is 20.8 Å². The van der Waals surface area contributed by atoms with Crippen LogP contribution in [0.4, 0.5) is 5.13 Å². The molecule has 1 aliphatic heterocycles. The first-order valence-electron chi connectivity index (χ1n) is 7.90. The van der Waals surface area contributed by atoms with E-state index in [4.69, 9.17) is 4.98 Å². The first-order chi connectivity index (χ1) is 9.94. The van der Waals surface area contributed by atoms with Crippen LogP contribution in [-0.2, 0) is 11.2 Å². The summed E-state index contributed by atoms with van der Waals surface area (Å²) in [4.78, 5) is 18.8. The van der Waals surface area contributed by atoms with E-state index in [9.17, 15) is 4.79 Å². The Morgan fingerprint density at radius 1 is 1.33 bits per heavy atom. The molecule has 2 heterocycles. The van der Waals surface area contributed by atoms with Gasteiger partial charge >= 0.3 is 0 Å². The summed E-state index contributed by atoms with van der Waals surface area (Å²) >= 11 is 1.73. The van der Waals surface area contributed by atoms with Crippen molar-refractivity contribution < 1.29 is 4.79 Å². The van der Waals surface area contributed by atoms with Crippen molar-refractivity contribution in [3.05, 3.63) is 11.1 Å². The third-order valence-corrected chi connectivity index (χ3v) is 4.51. The van der Waals surface area contributed by atoms with Crippen LogP contribution in [0.5, 0.6) is 0 Å². The molecule has 4 nitrogen and oxygen atoms in total. The molecule has 21 heavy (non-hydrogen) atoms. The van der Waals surface area contributed by atoms with E-state index in [1.54, 1.807) is 11.3 Å². The van der Waals surface area contributed by atoms with Crippen LogP contribution in [0.1, 0.15) is 52.1 Å². The molecule has 0 spiro atoms. The van der Waals surface area contributed by atoms with Gasteiger partial charge in [0.15, 0.2) is 5.13 Å². The Morgan fingerprint density at radius 2 is 2.05 bits per heavy atom. The predicted octanol–water partition coefficient (Wildman–Crippen LogP) is 3.23. The summed E-state index contributed by atoms with van der Waals surface area (Å²) < 4.78 is 0. The summed E-state index contributed by atoms with van der Waals surface area (Å²) in [6.07, 6.45) is 5.29. The molecule has 1 aromatic rings. The average molecular weight is 309 g/mol. The third kappa shape index (κ3) is 5.65. The summed E-state index contributed by atoms with van der Waals surface area (Å²) in [5, 5.41) is 6.26. The van der Waals surface area contributed by atoms with Crippen molar-refractivity contribution in [1.82, 2.24) is 10.3 Å². The minimum Gasteiger partial charge on any atom is -0.356 e. The Balaban J connectivity index is 1.74. The standard InChI is InChI=1S/C16H27N3OS/c1-16(2,3)11-14(20)17-8-7-13-12-21-15(18-13)19-9-5-4-6-10-19/h12H,4-11H2,1-3H3,(H,17,20). The third-order valence-electron chi connectivity index (χ3n) is 3.56. The molecule has 0 bridgehead atoms. The molecule has 118 valence electrons. The highest BCUT2D eigenvalue weighted by Crippen LogP contribution is 2.24. The maximum atomic E-state index is 11.8. The van der Waals surface area contributed by atoms with Crippen LogP contribution in [0.2, 0.25) is 0 Å². The second kappa shape index (κ2) is 7.25. The van der Waals surface area contributed by atoms with Gasteiger partial charge in [0.05, 0.1) is 5.69 Å². The Morgan fingerprint density at radius 3 is 2.71 bits per heavy atom. The first-order valence-corrected chi connectivity index (χ1v) is 8.78. The summed E-state index contributed by atoms with van der Waals surface area (Å²) in [6, 6.07) is 0. The molecule has 2 rings (SSSR count). The zero-order valence-corrected chi connectivity index (χ0v) is 14.3. The number of hydrogen-bond donors (Lipinski definition) is 1. The molecule has 1 aliphatic rings. The SMILES string of the molecule is CC(C)(C)CC(=O)NCCc1csc(N2CCCCC2)n1. The highest BCUT2D eigenvalue weighted by Gasteiger charge is 2.16. The van der Waals surface area contributed by atoms with Gasteiger partial charge in [0, 0.05) is 37.9 Å². The molecule has 1 amide bonds. The van der Waals surface area contributed by atoms with Crippen molar-refractivity contribution in [3.8, 4) is 0 Å². The number of thiazole rings is 1. The molecule has 0 aliphatic carbocycles. The molecule has 0 atom stereocenters. The zero-order valence-electron chi connectivity index (χ0n) is 13.4. The van der Waals surface area contributed by atoms with E-state index < -0.39 is 0 Å². The van der Waals surface area contributed by atoms with Crippen LogP contribution in [0, 0.1) is 5.41 Å². The Bertz CT molecular complexity index is 458. The fourth-order valence-electron chi connectivity index (χ4n) is 2.52. The Kier molecular flexibility index (Phi) is 5.62. The maximum Gasteiger partial charge on any atom is 0.220 e. The molecular weight excluding hydrogens is 282 g/mol. The van der Waals surface area contributed by atoms with Gasteiger partial charge in [0.1, 0.15) is 0 Å². The van der Waals surface area contributed by atoms with Gasteiger partial charge in [-0.05, 0) is 24.7 Å². The summed E-state index contributed by atoms with van der Waals surface area (Å²) in [5.41, 5.74) is 1.14. The molecule has 0 unspecified atom stereocenters. The van der Waals surface area contributed by atoms with E-state index in [0.29, 0.717) is 13.0 Å². The van der Waals surface area contributed by atoms with Crippen LogP contribution in [0.15, 0.2) is 5.38 Å². The zero-order chi connectivity index (χ0) is 15.3. The number of nitrogens with one attached hydrogen (secondary N) is 1. The number of nitrogens with zero attached hydrogens (tertiary/aromatic N) is 2. The van der Waals surface area contributed by atoms with Crippen molar-refractivity contribution in [2.24, 2.45) is 5.41 Å². The van der Waals surface area contributed by atoms with Crippen molar-refractivity contribution in [2.75, 3.05) is 24.5 Å². The fraction of sp³-hybridized carbons (Fsp3) is 0.750. The first kappa shape index (κ1) is 16.3. The molecule has 0 saturated carbocycles. The van der Waals surface area contributed by atoms with Crippen LogP contribution in [0.3, 0.4) is 0 Å². The quantitative estimate of drug-likeness (QED) is 0.908. The molecule has 5 heteroatoms. The largest absolute Gasteiger partial charge is 0.356 e. The van der Waals surface area contributed by atoms with Gasteiger partial charge in [-0.2, -0.15) is 0 Å². The van der Waals surface area contributed by atoms with Crippen molar-refractivity contribution >= 4 is 22.4 Å². The monoisotopic (exact) mass is 309 g/mol. The van der Waals surface area contributed by atoms with Crippen LogP contribution >= 0.6 is 11.3 Å². The number of anilines is 1. The highest BCUT2D eigenvalue weighted by atomic mass is 32.1. The molecule has 1 aromatic heterocycles. The molecule has 1 fully saturated rings. The number of hydrogen-bond acceptors (Lipinski definition) is 4.